The van der Waals surface area contributed by atoms with Gasteiger partial charge in [0.15, 0.2) is 6.54 Å². The van der Waals surface area contributed by atoms with Gasteiger partial charge in [0, 0.05) is 31.4 Å². The molecule has 2 aromatic carbocycles. The Balaban J connectivity index is 1.59. The van der Waals surface area contributed by atoms with E-state index in [1.54, 1.807) is 12.1 Å². The molecule has 2 amide bonds. The zero-order valence-electron chi connectivity index (χ0n) is 18.9. The van der Waals surface area contributed by atoms with Crippen molar-refractivity contribution in [1.29, 1.82) is 0 Å². The van der Waals surface area contributed by atoms with Crippen LogP contribution in [0.5, 0.6) is 0 Å². The standard InChI is InChI=1S/C25H34N4O2/c1-4-29(17-19-13-15-21(16-14-19)28(2)3)18-24(30)27-23-12-8-7-11-22(23)25(31)26-20-9-5-6-10-20/h7-8,11-16,20H,4-6,9-10,17-18H2,1-3H3,(H,26,31)(H,27,30)/p+1. The number of para-hydroxylation sites is 1. The van der Waals surface area contributed by atoms with Gasteiger partial charge in [0.05, 0.1) is 17.8 Å². The first-order valence-corrected chi connectivity index (χ1v) is 11.3. The van der Waals surface area contributed by atoms with Gasteiger partial charge in [-0.2, -0.15) is 0 Å². The maximum atomic E-state index is 12.8. The molecule has 1 aliphatic rings. The molecule has 0 aromatic heterocycles. The maximum Gasteiger partial charge on any atom is 0.279 e. The summed E-state index contributed by atoms with van der Waals surface area (Å²) in [5.41, 5.74) is 3.47. The molecule has 3 N–H and O–H groups in total. The van der Waals surface area contributed by atoms with E-state index in [4.69, 9.17) is 0 Å². The molecule has 0 spiro atoms. The largest absolute Gasteiger partial charge is 0.378 e. The highest BCUT2D eigenvalue weighted by Gasteiger charge is 2.21. The number of hydrogen-bond acceptors (Lipinski definition) is 3. The van der Waals surface area contributed by atoms with Crippen LogP contribution in [-0.4, -0.2) is 45.0 Å². The quantitative estimate of drug-likeness (QED) is 0.581. The van der Waals surface area contributed by atoms with Crippen LogP contribution < -0.4 is 20.4 Å². The van der Waals surface area contributed by atoms with Gasteiger partial charge in [-0.15, -0.1) is 0 Å². The predicted molar refractivity (Wildman–Crippen MR) is 126 cm³/mol. The van der Waals surface area contributed by atoms with Crippen LogP contribution in [0.15, 0.2) is 48.5 Å². The van der Waals surface area contributed by atoms with Gasteiger partial charge in [-0.1, -0.05) is 37.1 Å². The molecule has 166 valence electrons. The average molecular weight is 424 g/mol. The van der Waals surface area contributed by atoms with Crippen molar-refractivity contribution >= 4 is 23.2 Å². The number of nitrogens with one attached hydrogen (secondary N) is 3. The Bertz CT molecular complexity index is 873. The molecule has 1 aliphatic carbocycles. The Morgan fingerprint density at radius 2 is 1.71 bits per heavy atom. The molecule has 1 fully saturated rings. The molecule has 6 heteroatoms. The van der Waals surface area contributed by atoms with Crippen LogP contribution in [0.25, 0.3) is 0 Å². The highest BCUT2D eigenvalue weighted by Crippen LogP contribution is 2.20. The predicted octanol–water partition coefficient (Wildman–Crippen LogP) is 2.47. The van der Waals surface area contributed by atoms with Crippen LogP contribution in [0, 0.1) is 0 Å². The van der Waals surface area contributed by atoms with Gasteiger partial charge < -0.3 is 20.4 Å². The van der Waals surface area contributed by atoms with E-state index < -0.39 is 0 Å². The lowest BCUT2D eigenvalue weighted by Gasteiger charge is -2.19. The lowest BCUT2D eigenvalue weighted by molar-refractivity contribution is -0.903. The first kappa shape index (κ1) is 22.8. The minimum absolute atomic E-state index is 0.0807. The number of anilines is 2. The topological polar surface area (TPSA) is 65.9 Å². The summed E-state index contributed by atoms with van der Waals surface area (Å²) >= 11 is 0. The molecular formula is C25H35N4O2+. The maximum absolute atomic E-state index is 12.8. The highest BCUT2D eigenvalue weighted by atomic mass is 16.2. The summed E-state index contributed by atoms with van der Waals surface area (Å²) in [5.74, 6) is -0.189. The molecule has 0 heterocycles. The van der Waals surface area contributed by atoms with Gasteiger partial charge in [0.25, 0.3) is 11.8 Å². The molecule has 1 atom stereocenters. The normalized spacial score (nSPS) is 14.8. The van der Waals surface area contributed by atoms with Crippen LogP contribution in [0.1, 0.15) is 48.5 Å². The summed E-state index contributed by atoms with van der Waals surface area (Å²) in [4.78, 5) is 28.7. The van der Waals surface area contributed by atoms with Crippen molar-refractivity contribution in [3.63, 3.8) is 0 Å². The number of rotatable bonds is 9. The smallest absolute Gasteiger partial charge is 0.279 e. The second kappa shape index (κ2) is 11.0. The lowest BCUT2D eigenvalue weighted by Crippen LogP contribution is -3.11. The van der Waals surface area contributed by atoms with Gasteiger partial charge in [-0.3, -0.25) is 9.59 Å². The first-order valence-electron chi connectivity index (χ1n) is 11.3. The number of hydrogen-bond donors (Lipinski definition) is 3. The van der Waals surface area contributed by atoms with Crippen molar-refractivity contribution in [3.8, 4) is 0 Å². The number of benzene rings is 2. The van der Waals surface area contributed by atoms with E-state index in [1.807, 2.05) is 26.2 Å². The third-order valence-electron chi connectivity index (χ3n) is 5.95. The van der Waals surface area contributed by atoms with E-state index in [0.29, 0.717) is 17.8 Å². The van der Waals surface area contributed by atoms with Crippen LogP contribution >= 0.6 is 0 Å². The summed E-state index contributed by atoms with van der Waals surface area (Å²) in [6, 6.07) is 15.9. The Morgan fingerprint density at radius 1 is 1.03 bits per heavy atom. The molecule has 2 aromatic rings. The van der Waals surface area contributed by atoms with Crippen molar-refractivity contribution in [1.82, 2.24) is 5.32 Å². The van der Waals surface area contributed by atoms with Crippen LogP contribution in [0.2, 0.25) is 0 Å². The zero-order valence-corrected chi connectivity index (χ0v) is 18.9. The van der Waals surface area contributed by atoms with Crippen molar-refractivity contribution in [3.05, 3.63) is 59.7 Å². The van der Waals surface area contributed by atoms with Crippen molar-refractivity contribution in [2.75, 3.05) is 37.4 Å². The van der Waals surface area contributed by atoms with E-state index in [2.05, 4.69) is 46.7 Å². The molecule has 0 aliphatic heterocycles. The molecular weight excluding hydrogens is 388 g/mol. The summed E-state index contributed by atoms with van der Waals surface area (Å²) < 4.78 is 0. The molecule has 1 saturated carbocycles. The van der Waals surface area contributed by atoms with Crippen LogP contribution in [-0.2, 0) is 11.3 Å². The minimum Gasteiger partial charge on any atom is -0.378 e. The van der Waals surface area contributed by atoms with Gasteiger partial charge in [0.1, 0.15) is 6.54 Å². The monoisotopic (exact) mass is 423 g/mol. The number of nitrogens with zero attached hydrogens (tertiary/aromatic N) is 1. The summed E-state index contributed by atoms with van der Waals surface area (Å²) in [7, 11) is 4.05. The summed E-state index contributed by atoms with van der Waals surface area (Å²) in [6.07, 6.45) is 4.39. The third kappa shape index (κ3) is 6.56. The Hall–Kier alpha value is -2.86. The van der Waals surface area contributed by atoms with E-state index in [-0.39, 0.29) is 17.9 Å². The fourth-order valence-electron chi connectivity index (χ4n) is 4.06. The minimum atomic E-state index is -0.108. The molecule has 31 heavy (non-hydrogen) atoms. The summed E-state index contributed by atoms with van der Waals surface area (Å²) in [6.45, 7) is 4.05. The molecule has 0 radical (unpaired) electrons. The fraction of sp³-hybridized carbons (Fsp3) is 0.440. The molecule has 0 saturated heterocycles. The van der Waals surface area contributed by atoms with E-state index in [1.165, 1.54) is 10.5 Å². The van der Waals surface area contributed by atoms with Crippen molar-refractivity contribution in [2.24, 2.45) is 0 Å². The third-order valence-corrected chi connectivity index (χ3v) is 5.95. The second-order valence-corrected chi connectivity index (χ2v) is 8.57. The Morgan fingerprint density at radius 3 is 2.35 bits per heavy atom. The zero-order chi connectivity index (χ0) is 22.2. The van der Waals surface area contributed by atoms with E-state index in [0.717, 1.165) is 44.5 Å². The van der Waals surface area contributed by atoms with Crippen molar-refractivity contribution in [2.45, 2.75) is 45.2 Å². The molecule has 6 nitrogen and oxygen atoms in total. The first-order chi connectivity index (χ1) is 15.0. The molecule has 0 bridgehead atoms. The van der Waals surface area contributed by atoms with Gasteiger partial charge in [-0.05, 0) is 44.0 Å². The van der Waals surface area contributed by atoms with E-state index >= 15 is 0 Å². The number of amides is 2. The number of quaternary nitrogens is 1. The molecule has 3 rings (SSSR count). The van der Waals surface area contributed by atoms with E-state index in [9.17, 15) is 9.59 Å². The van der Waals surface area contributed by atoms with Gasteiger partial charge in [0.2, 0.25) is 0 Å². The molecule has 1 unspecified atom stereocenters. The van der Waals surface area contributed by atoms with Crippen LogP contribution in [0.3, 0.4) is 0 Å². The second-order valence-electron chi connectivity index (χ2n) is 8.57. The summed E-state index contributed by atoms with van der Waals surface area (Å²) in [5, 5.41) is 6.07. The Labute approximate surface area is 185 Å². The lowest BCUT2D eigenvalue weighted by atomic mass is 10.1. The highest BCUT2D eigenvalue weighted by molar-refractivity contribution is 6.04. The average Bonchev–Trinajstić information content (AvgIpc) is 3.27. The Kier molecular flexibility index (Phi) is 8.06. The number of carbonyl (C=O) groups is 2. The van der Waals surface area contributed by atoms with Crippen molar-refractivity contribution < 1.29 is 14.5 Å². The van der Waals surface area contributed by atoms with Crippen LogP contribution in [0.4, 0.5) is 11.4 Å². The number of likely N-dealkylation sites (N-methyl/N-ethyl adjacent to an activating group) is 1. The number of carbonyl (C=O) groups excluding carboxylic acids is 2. The van der Waals surface area contributed by atoms with Gasteiger partial charge >= 0.3 is 0 Å². The van der Waals surface area contributed by atoms with Gasteiger partial charge in [-0.25, -0.2) is 0 Å². The fourth-order valence-corrected chi connectivity index (χ4v) is 4.06. The SMILES string of the molecule is CC[NH+](CC(=O)Nc1ccccc1C(=O)NC1CCCC1)Cc1ccc(N(C)C)cc1.